The van der Waals surface area contributed by atoms with E-state index in [1.807, 2.05) is 34.9 Å². The maximum Gasteiger partial charge on any atom is 0.416 e. The van der Waals surface area contributed by atoms with Crippen LogP contribution in [0.25, 0.3) is 11.3 Å². The van der Waals surface area contributed by atoms with Gasteiger partial charge in [-0.25, -0.2) is 15.0 Å². The molecule has 1 fully saturated rings. The largest absolute Gasteiger partial charge is 0.416 e. The number of aromatic nitrogens is 4. The van der Waals surface area contributed by atoms with Crippen molar-refractivity contribution in [1.29, 1.82) is 0 Å². The number of amides is 1. The van der Waals surface area contributed by atoms with Crippen LogP contribution >= 0.6 is 0 Å². The second kappa shape index (κ2) is 12.7. The minimum absolute atomic E-state index is 0.0797. The van der Waals surface area contributed by atoms with Gasteiger partial charge in [0.25, 0.3) is 5.91 Å². The highest BCUT2D eigenvalue weighted by Crippen LogP contribution is 2.38. The number of alkyl halides is 6. The molecular weight excluding hydrogens is 626 g/mol. The van der Waals surface area contributed by atoms with E-state index < -0.39 is 35.9 Å². The molecule has 0 aliphatic carbocycles. The molecule has 0 radical (unpaired) electrons. The van der Waals surface area contributed by atoms with Gasteiger partial charge in [-0.15, -0.1) is 0 Å². The number of piperazine rings is 1. The average molecular weight is 657 g/mol. The van der Waals surface area contributed by atoms with Crippen molar-refractivity contribution in [2.75, 3.05) is 54.4 Å². The van der Waals surface area contributed by atoms with Gasteiger partial charge < -0.3 is 20.0 Å². The first-order valence-electron chi connectivity index (χ1n) is 14.9. The molecule has 0 bridgehead atoms. The van der Waals surface area contributed by atoms with Gasteiger partial charge in [0, 0.05) is 63.8 Å². The van der Waals surface area contributed by atoms with Gasteiger partial charge in [-0.05, 0) is 48.7 Å². The number of hydrogen-bond acceptors (Lipinski definition) is 8. The van der Waals surface area contributed by atoms with Gasteiger partial charge in [0.2, 0.25) is 11.9 Å². The van der Waals surface area contributed by atoms with Crippen LogP contribution in [0.15, 0.2) is 60.9 Å². The van der Waals surface area contributed by atoms with Crippen LogP contribution in [0.3, 0.4) is 0 Å². The molecule has 0 spiro atoms. The van der Waals surface area contributed by atoms with Gasteiger partial charge in [-0.2, -0.15) is 31.3 Å². The number of nitrogens with zero attached hydrogens (tertiary/aromatic N) is 7. The number of fused-ring (bicyclic) bond motifs is 1. The van der Waals surface area contributed by atoms with Crippen molar-refractivity contribution in [2.45, 2.75) is 32.2 Å². The minimum Gasteiger partial charge on any atom is -0.369 e. The predicted octanol–water partition coefficient (Wildman–Crippen LogP) is 6.06. The van der Waals surface area contributed by atoms with Crippen molar-refractivity contribution in [3.8, 4) is 11.3 Å². The van der Waals surface area contributed by atoms with E-state index in [0.29, 0.717) is 74.4 Å². The molecule has 1 amide bonds. The summed E-state index contributed by atoms with van der Waals surface area (Å²) >= 11 is 0. The van der Waals surface area contributed by atoms with Crippen LogP contribution in [0, 0.1) is 6.92 Å². The topological polar surface area (TPSA) is 90.4 Å². The highest BCUT2D eigenvalue weighted by atomic mass is 19.4. The normalized spacial score (nSPS) is 16.0. The zero-order valence-corrected chi connectivity index (χ0v) is 25.2. The lowest BCUT2D eigenvalue weighted by atomic mass is 9.99. The number of hydrogen-bond donors (Lipinski definition) is 1. The standard InChI is InChI=1S/C32H30F6N8O/c1-20-6-2-3-7-24(20)26-25-27(43-30(42-26)45-14-12-44(13-15-45)29-40-8-4-9-41-29)39-10-5-11-46(28(25)47)19-21-16-22(31(33,34)35)18-23(17-21)32(36,37)38/h2-4,6-9,16-18H,5,10-15,19H2,1H3,(H,39,42,43). The van der Waals surface area contributed by atoms with Crippen LogP contribution in [0.4, 0.5) is 44.1 Å². The Morgan fingerprint density at radius 1 is 0.787 bits per heavy atom. The molecule has 1 saturated heterocycles. The lowest BCUT2D eigenvalue weighted by Gasteiger charge is -2.35. The summed E-state index contributed by atoms with van der Waals surface area (Å²) in [6.45, 7) is 4.12. The van der Waals surface area contributed by atoms with Crippen molar-refractivity contribution < 1.29 is 31.1 Å². The lowest BCUT2D eigenvalue weighted by molar-refractivity contribution is -0.143. The van der Waals surface area contributed by atoms with Gasteiger partial charge in [-0.3, -0.25) is 4.79 Å². The van der Waals surface area contributed by atoms with Crippen LogP contribution in [-0.2, 0) is 18.9 Å². The second-order valence-corrected chi connectivity index (χ2v) is 11.4. The maximum atomic E-state index is 14.3. The molecule has 0 atom stereocenters. The fraction of sp³-hybridized carbons (Fsp3) is 0.344. The van der Waals surface area contributed by atoms with E-state index in [0.717, 1.165) is 5.56 Å². The average Bonchev–Trinajstić information content (AvgIpc) is 3.04. The summed E-state index contributed by atoms with van der Waals surface area (Å²) < 4.78 is 81.6. The van der Waals surface area contributed by atoms with E-state index in [-0.39, 0.29) is 29.6 Å². The summed E-state index contributed by atoms with van der Waals surface area (Å²) in [4.78, 5) is 37.8. The van der Waals surface area contributed by atoms with Crippen molar-refractivity contribution in [3.63, 3.8) is 0 Å². The van der Waals surface area contributed by atoms with E-state index >= 15 is 0 Å². The van der Waals surface area contributed by atoms with E-state index in [9.17, 15) is 31.1 Å². The van der Waals surface area contributed by atoms with E-state index in [4.69, 9.17) is 9.97 Å². The van der Waals surface area contributed by atoms with Gasteiger partial charge in [-0.1, -0.05) is 24.3 Å². The summed E-state index contributed by atoms with van der Waals surface area (Å²) in [5.41, 5.74) is -1.26. The fourth-order valence-electron chi connectivity index (χ4n) is 5.73. The first kappa shape index (κ1) is 32.0. The summed E-state index contributed by atoms with van der Waals surface area (Å²) in [5.74, 6) is 0.642. The zero-order valence-electron chi connectivity index (χ0n) is 25.2. The van der Waals surface area contributed by atoms with Crippen LogP contribution in [0.5, 0.6) is 0 Å². The SMILES string of the molecule is Cc1ccccc1-c1nc(N2CCN(c3ncccn3)CC2)nc2c1C(=O)N(Cc1cc(C(F)(F)F)cc(C(F)(F)F)c1)CCCN2. The molecule has 6 rings (SSSR count). The predicted molar refractivity (Wildman–Crippen MR) is 163 cm³/mol. The van der Waals surface area contributed by atoms with Gasteiger partial charge in [0.1, 0.15) is 11.4 Å². The molecule has 2 aromatic carbocycles. The van der Waals surface area contributed by atoms with Gasteiger partial charge >= 0.3 is 12.4 Å². The third-order valence-corrected chi connectivity index (χ3v) is 8.11. The molecule has 4 heterocycles. The molecular formula is C32H30F6N8O. The molecule has 1 N–H and O–H groups in total. The van der Waals surface area contributed by atoms with E-state index in [1.165, 1.54) is 4.90 Å². The number of carbonyl (C=O) groups is 1. The molecule has 0 unspecified atom stereocenters. The summed E-state index contributed by atoms with van der Waals surface area (Å²) in [7, 11) is 0. The number of benzene rings is 2. The maximum absolute atomic E-state index is 14.3. The Hall–Kier alpha value is -4.95. The van der Waals surface area contributed by atoms with Crippen LogP contribution in [0.1, 0.15) is 39.0 Å². The second-order valence-electron chi connectivity index (χ2n) is 11.4. The molecule has 47 heavy (non-hydrogen) atoms. The third kappa shape index (κ3) is 6.93. The van der Waals surface area contributed by atoms with Crippen LogP contribution in [-0.4, -0.2) is 70.0 Å². The Kier molecular flexibility index (Phi) is 8.64. The molecule has 2 aromatic heterocycles. The molecule has 4 aromatic rings. The Morgan fingerprint density at radius 3 is 2.02 bits per heavy atom. The Bertz CT molecular complexity index is 1720. The Morgan fingerprint density at radius 2 is 1.40 bits per heavy atom. The number of aryl methyl sites for hydroxylation is 1. The lowest BCUT2D eigenvalue weighted by Crippen LogP contribution is -2.48. The smallest absolute Gasteiger partial charge is 0.369 e. The van der Waals surface area contributed by atoms with Crippen LogP contribution in [0.2, 0.25) is 0 Å². The van der Waals surface area contributed by atoms with Gasteiger partial charge in [0.15, 0.2) is 0 Å². The molecule has 2 aliphatic heterocycles. The third-order valence-electron chi connectivity index (χ3n) is 8.11. The Labute approximate surface area is 266 Å². The first-order chi connectivity index (χ1) is 22.4. The molecule has 2 aliphatic rings. The van der Waals surface area contributed by atoms with Crippen molar-refractivity contribution in [2.24, 2.45) is 0 Å². The van der Waals surface area contributed by atoms with E-state index in [2.05, 4.69) is 15.3 Å². The summed E-state index contributed by atoms with van der Waals surface area (Å²) in [5, 5.41) is 3.23. The molecule has 15 heteroatoms. The quantitative estimate of drug-likeness (QED) is 0.259. The number of nitrogens with one attached hydrogen (secondary N) is 1. The van der Waals surface area contributed by atoms with Crippen LogP contribution < -0.4 is 15.1 Å². The minimum atomic E-state index is -5.01. The Balaban J connectivity index is 1.38. The molecule has 246 valence electrons. The highest BCUT2D eigenvalue weighted by Gasteiger charge is 2.38. The number of rotatable bonds is 5. The fourth-order valence-corrected chi connectivity index (χ4v) is 5.73. The molecule has 9 nitrogen and oxygen atoms in total. The summed E-state index contributed by atoms with van der Waals surface area (Å²) in [6, 6.07) is 10.4. The summed E-state index contributed by atoms with van der Waals surface area (Å²) in [6.07, 6.45) is -6.28. The van der Waals surface area contributed by atoms with Crippen molar-refractivity contribution in [1.82, 2.24) is 24.8 Å². The zero-order chi connectivity index (χ0) is 33.3. The van der Waals surface area contributed by atoms with Crippen molar-refractivity contribution in [3.05, 3.63) is 88.7 Å². The highest BCUT2D eigenvalue weighted by molar-refractivity contribution is 6.05. The molecule has 0 saturated carbocycles. The number of carbonyl (C=O) groups excluding carboxylic acids is 1. The van der Waals surface area contributed by atoms with Crippen molar-refractivity contribution >= 4 is 23.6 Å². The van der Waals surface area contributed by atoms with E-state index in [1.54, 1.807) is 24.5 Å². The number of anilines is 3. The number of halogens is 6. The van der Waals surface area contributed by atoms with Gasteiger partial charge in [0.05, 0.1) is 16.8 Å². The monoisotopic (exact) mass is 656 g/mol. The first-order valence-corrected chi connectivity index (χ1v) is 14.9.